The molecular formula is C7H11N3O. The van der Waals surface area contributed by atoms with Crippen molar-refractivity contribution in [2.24, 2.45) is 5.73 Å². The van der Waals surface area contributed by atoms with E-state index in [-0.39, 0.29) is 0 Å². The number of nitrogens with zero attached hydrogens (tertiary/aromatic N) is 1. The van der Waals surface area contributed by atoms with Crippen LogP contribution in [0.4, 0.5) is 5.82 Å². The average molecular weight is 153 g/mol. The molecule has 0 fully saturated rings. The van der Waals surface area contributed by atoms with Gasteiger partial charge in [-0.2, -0.15) is 4.98 Å². The molecule has 1 heterocycles. The highest BCUT2D eigenvalue weighted by molar-refractivity contribution is 5.36. The molecule has 1 aromatic heterocycles. The second kappa shape index (κ2) is 3.21. The van der Waals surface area contributed by atoms with Gasteiger partial charge in [0.25, 0.3) is 0 Å². The van der Waals surface area contributed by atoms with Crippen molar-refractivity contribution in [3.05, 3.63) is 17.7 Å². The minimum atomic E-state index is 0.435. The Bertz CT molecular complexity index is 227. The van der Waals surface area contributed by atoms with E-state index in [4.69, 9.17) is 16.2 Å². The van der Waals surface area contributed by atoms with Crippen LogP contribution in [-0.4, -0.2) is 12.1 Å². The van der Waals surface area contributed by atoms with E-state index >= 15 is 0 Å². The smallest absolute Gasteiger partial charge is 0.215 e. The predicted molar refractivity (Wildman–Crippen MR) is 43.1 cm³/mol. The fourth-order valence-electron chi connectivity index (χ4n) is 0.804. The molecule has 1 rings (SSSR count). The van der Waals surface area contributed by atoms with Crippen molar-refractivity contribution in [1.82, 2.24) is 4.98 Å². The summed E-state index contributed by atoms with van der Waals surface area (Å²) in [6.45, 7) is 0.448. The summed E-state index contributed by atoms with van der Waals surface area (Å²) in [5.41, 5.74) is 11.8. The zero-order valence-electron chi connectivity index (χ0n) is 6.37. The molecule has 0 atom stereocenters. The Morgan fingerprint density at radius 1 is 1.55 bits per heavy atom. The first-order valence-corrected chi connectivity index (χ1v) is 3.26. The number of hydrogen-bond acceptors (Lipinski definition) is 4. The van der Waals surface area contributed by atoms with Gasteiger partial charge in [-0.25, -0.2) is 0 Å². The summed E-state index contributed by atoms with van der Waals surface area (Å²) in [5, 5.41) is 0. The first-order valence-electron chi connectivity index (χ1n) is 3.26. The predicted octanol–water partition coefficient (Wildman–Crippen LogP) is 0.131. The minimum Gasteiger partial charge on any atom is -0.481 e. The molecular weight excluding hydrogens is 142 g/mol. The lowest BCUT2D eigenvalue weighted by Crippen LogP contribution is -2.01. The van der Waals surface area contributed by atoms with Crippen LogP contribution in [0, 0.1) is 0 Å². The van der Waals surface area contributed by atoms with Crippen molar-refractivity contribution in [2.45, 2.75) is 6.54 Å². The van der Waals surface area contributed by atoms with Crippen LogP contribution in [0.1, 0.15) is 5.56 Å². The van der Waals surface area contributed by atoms with Crippen molar-refractivity contribution < 1.29 is 4.74 Å². The van der Waals surface area contributed by atoms with Gasteiger partial charge in [0.15, 0.2) is 0 Å². The number of aromatic nitrogens is 1. The van der Waals surface area contributed by atoms with Crippen molar-refractivity contribution in [3.8, 4) is 5.88 Å². The second-order valence-corrected chi connectivity index (χ2v) is 2.15. The van der Waals surface area contributed by atoms with Gasteiger partial charge in [0, 0.05) is 12.6 Å². The number of hydrogen-bond donors (Lipinski definition) is 2. The maximum absolute atomic E-state index is 5.46. The van der Waals surface area contributed by atoms with Crippen LogP contribution >= 0.6 is 0 Å². The Kier molecular flexibility index (Phi) is 2.28. The minimum absolute atomic E-state index is 0.435. The van der Waals surface area contributed by atoms with Gasteiger partial charge in [-0.3, -0.25) is 0 Å². The third kappa shape index (κ3) is 1.81. The van der Waals surface area contributed by atoms with E-state index in [0.717, 1.165) is 5.56 Å². The highest BCUT2D eigenvalue weighted by Gasteiger charge is 1.97. The number of rotatable bonds is 2. The van der Waals surface area contributed by atoms with Crippen LogP contribution in [0.15, 0.2) is 12.1 Å². The van der Waals surface area contributed by atoms with E-state index in [1.165, 1.54) is 0 Å². The molecule has 0 bridgehead atoms. The summed E-state index contributed by atoms with van der Waals surface area (Å²) in [4.78, 5) is 3.90. The first-order chi connectivity index (χ1) is 5.26. The molecule has 1 aromatic rings. The lowest BCUT2D eigenvalue weighted by atomic mass is 10.2. The van der Waals surface area contributed by atoms with Crippen LogP contribution in [0.3, 0.4) is 0 Å². The monoisotopic (exact) mass is 153 g/mol. The number of pyridine rings is 1. The SMILES string of the molecule is COc1cc(CN)cc(N)n1. The summed E-state index contributed by atoms with van der Waals surface area (Å²) < 4.78 is 4.89. The van der Waals surface area contributed by atoms with Gasteiger partial charge in [-0.15, -0.1) is 0 Å². The van der Waals surface area contributed by atoms with Gasteiger partial charge in [0.1, 0.15) is 5.82 Å². The summed E-state index contributed by atoms with van der Waals surface area (Å²) in [6.07, 6.45) is 0. The van der Waals surface area contributed by atoms with Gasteiger partial charge in [-0.1, -0.05) is 0 Å². The second-order valence-electron chi connectivity index (χ2n) is 2.15. The fourth-order valence-corrected chi connectivity index (χ4v) is 0.804. The molecule has 0 saturated carbocycles. The molecule has 4 heteroatoms. The number of nitrogen functional groups attached to an aromatic ring is 1. The van der Waals surface area contributed by atoms with Crippen molar-refractivity contribution in [1.29, 1.82) is 0 Å². The van der Waals surface area contributed by atoms with E-state index in [1.807, 2.05) is 0 Å². The third-order valence-corrected chi connectivity index (χ3v) is 1.33. The Hall–Kier alpha value is -1.29. The van der Waals surface area contributed by atoms with Crippen molar-refractivity contribution in [2.75, 3.05) is 12.8 Å². The lowest BCUT2D eigenvalue weighted by molar-refractivity contribution is 0.398. The fraction of sp³-hybridized carbons (Fsp3) is 0.286. The Morgan fingerprint density at radius 2 is 2.27 bits per heavy atom. The van der Waals surface area contributed by atoms with Crippen LogP contribution < -0.4 is 16.2 Å². The normalized spacial score (nSPS) is 9.64. The number of nitrogens with two attached hydrogens (primary N) is 2. The molecule has 0 unspecified atom stereocenters. The molecule has 0 spiro atoms. The zero-order valence-corrected chi connectivity index (χ0v) is 6.37. The van der Waals surface area contributed by atoms with Gasteiger partial charge >= 0.3 is 0 Å². The Morgan fingerprint density at radius 3 is 2.82 bits per heavy atom. The topological polar surface area (TPSA) is 74.2 Å². The van der Waals surface area contributed by atoms with E-state index in [0.29, 0.717) is 18.2 Å². The Balaban J connectivity index is 3.02. The molecule has 11 heavy (non-hydrogen) atoms. The summed E-state index contributed by atoms with van der Waals surface area (Å²) in [6, 6.07) is 3.49. The standard InChI is InChI=1S/C7H11N3O/c1-11-7-3-5(4-8)2-6(9)10-7/h2-3H,4,8H2,1H3,(H2,9,10). The molecule has 0 radical (unpaired) electrons. The molecule has 4 nitrogen and oxygen atoms in total. The van der Waals surface area contributed by atoms with Gasteiger partial charge in [0.2, 0.25) is 5.88 Å². The van der Waals surface area contributed by atoms with Gasteiger partial charge in [-0.05, 0) is 11.6 Å². The highest BCUT2D eigenvalue weighted by Crippen LogP contribution is 2.12. The maximum Gasteiger partial charge on any atom is 0.215 e. The molecule has 60 valence electrons. The average Bonchev–Trinajstić information content (AvgIpc) is 2.03. The molecule has 0 aliphatic heterocycles. The molecule has 0 aliphatic rings. The van der Waals surface area contributed by atoms with Gasteiger partial charge < -0.3 is 16.2 Å². The van der Waals surface area contributed by atoms with Gasteiger partial charge in [0.05, 0.1) is 7.11 Å². The lowest BCUT2D eigenvalue weighted by Gasteiger charge is -2.02. The molecule has 0 aliphatic carbocycles. The van der Waals surface area contributed by atoms with Crippen LogP contribution in [0.25, 0.3) is 0 Å². The van der Waals surface area contributed by atoms with E-state index < -0.39 is 0 Å². The maximum atomic E-state index is 5.46. The zero-order chi connectivity index (χ0) is 8.27. The molecule has 0 saturated heterocycles. The number of anilines is 1. The number of ether oxygens (including phenoxy) is 1. The van der Waals surface area contributed by atoms with E-state index in [2.05, 4.69) is 4.98 Å². The molecule has 0 amide bonds. The number of methoxy groups -OCH3 is 1. The Labute approximate surface area is 65.2 Å². The van der Waals surface area contributed by atoms with E-state index in [9.17, 15) is 0 Å². The third-order valence-electron chi connectivity index (χ3n) is 1.33. The van der Waals surface area contributed by atoms with Crippen LogP contribution in [-0.2, 0) is 6.54 Å². The highest BCUT2D eigenvalue weighted by atomic mass is 16.5. The first kappa shape index (κ1) is 7.81. The largest absolute Gasteiger partial charge is 0.481 e. The van der Waals surface area contributed by atoms with Crippen LogP contribution in [0.2, 0.25) is 0 Å². The summed E-state index contributed by atoms with van der Waals surface area (Å²) >= 11 is 0. The van der Waals surface area contributed by atoms with Crippen LogP contribution in [0.5, 0.6) is 5.88 Å². The van der Waals surface area contributed by atoms with Crippen molar-refractivity contribution >= 4 is 5.82 Å². The summed E-state index contributed by atoms with van der Waals surface area (Å²) in [5.74, 6) is 0.940. The quantitative estimate of drug-likeness (QED) is 0.633. The van der Waals surface area contributed by atoms with Crippen molar-refractivity contribution in [3.63, 3.8) is 0 Å². The van der Waals surface area contributed by atoms with E-state index in [1.54, 1.807) is 19.2 Å². The summed E-state index contributed by atoms with van der Waals surface area (Å²) in [7, 11) is 1.54. The molecule has 4 N–H and O–H groups in total. The molecule has 0 aromatic carbocycles.